The minimum absolute atomic E-state index is 0.0536. The molecule has 4 aliphatic carbocycles. The zero-order valence-corrected chi connectivity index (χ0v) is 14.6. The van der Waals surface area contributed by atoms with Crippen LogP contribution in [0.25, 0.3) is 0 Å². The number of amides is 1. The first-order chi connectivity index (χ1) is 11.2. The molecule has 1 heterocycles. The number of aliphatic hydroxyl groups is 1. The number of nitrogens with zero attached hydrogens (tertiary/aromatic N) is 1. The molecule has 4 aliphatic rings. The van der Waals surface area contributed by atoms with E-state index in [1.54, 1.807) is 11.3 Å². The van der Waals surface area contributed by atoms with Crippen LogP contribution in [0.3, 0.4) is 0 Å². The third-order valence-electron chi connectivity index (χ3n) is 6.34. The van der Waals surface area contributed by atoms with Gasteiger partial charge in [-0.3, -0.25) is 4.79 Å². The van der Waals surface area contributed by atoms with Crippen molar-refractivity contribution in [1.29, 1.82) is 0 Å². The lowest BCUT2D eigenvalue weighted by Crippen LogP contribution is -2.48. The number of carbonyl (C=O) groups is 1. The van der Waals surface area contributed by atoms with Gasteiger partial charge in [0.15, 0.2) is 0 Å². The zero-order chi connectivity index (χ0) is 15.9. The maximum absolute atomic E-state index is 13.0. The zero-order valence-electron chi connectivity index (χ0n) is 13.7. The Balaban J connectivity index is 1.45. The van der Waals surface area contributed by atoms with E-state index < -0.39 is 0 Å². The Morgan fingerprint density at radius 2 is 1.87 bits per heavy atom. The van der Waals surface area contributed by atoms with Crippen LogP contribution in [0.1, 0.15) is 49.8 Å². The number of aliphatic hydroxyl groups excluding tert-OH is 1. The lowest BCUT2D eigenvalue weighted by Gasteiger charge is -2.57. The van der Waals surface area contributed by atoms with Gasteiger partial charge in [0.25, 0.3) is 0 Å². The van der Waals surface area contributed by atoms with Gasteiger partial charge in [-0.15, -0.1) is 11.3 Å². The summed E-state index contributed by atoms with van der Waals surface area (Å²) in [5.74, 6) is 2.92. The van der Waals surface area contributed by atoms with Crippen LogP contribution in [-0.4, -0.2) is 29.1 Å². The SMILES string of the molecule is O=C(CC12CC3CC(CC(C3)C1)C2)N(CCO)Cc1cccs1. The van der Waals surface area contributed by atoms with Gasteiger partial charge in [-0.25, -0.2) is 0 Å². The molecular weight excluding hydrogens is 306 g/mol. The number of thiophene rings is 1. The molecule has 0 saturated heterocycles. The largest absolute Gasteiger partial charge is 0.395 e. The molecular formula is C19H27NO2S. The first-order valence-corrected chi connectivity index (χ1v) is 9.95. The Hall–Kier alpha value is -0.870. The van der Waals surface area contributed by atoms with Crippen molar-refractivity contribution in [3.05, 3.63) is 22.4 Å². The standard InChI is InChI=1S/C19H27NO2S/c21-4-3-20(13-17-2-1-5-23-17)18(22)12-19-9-14-6-15(10-19)8-16(7-14)11-19/h1-2,5,14-16,21H,3-4,6-13H2. The monoisotopic (exact) mass is 333 g/mol. The van der Waals surface area contributed by atoms with Crippen molar-refractivity contribution >= 4 is 17.2 Å². The van der Waals surface area contributed by atoms with Crippen LogP contribution in [0.5, 0.6) is 0 Å². The van der Waals surface area contributed by atoms with Crippen LogP contribution in [0.4, 0.5) is 0 Å². The minimum Gasteiger partial charge on any atom is -0.395 e. The molecule has 1 N–H and O–H groups in total. The van der Waals surface area contributed by atoms with E-state index >= 15 is 0 Å². The summed E-state index contributed by atoms with van der Waals surface area (Å²) < 4.78 is 0. The summed E-state index contributed by atoms with van der Waals surface area (Å²) in [7, 11) is 0. The molecule has 0 aliphatic heterocycles. The van der Waals surface area contributed by atoms with E-state index in [-0.39, 0.29) is 17.9 Å². The summed E-state index contributed by atoms with van der Waals surface area (Å²) in [6.45, 7) is 1.17. The molecule has 4 saturated carbocycles. The second kappa shape index (κ2) is 6.21. The molecule has 4 fully saturated rings. The van der Waals surface area contributed by atoms with Gasteiger partial charge in [0.05, 0.1) is 13.2 Å². The number of rotatable bonds is 6. The van der Waals surface area contributed by atoms with Crippen molar-refractivity contribution in [2.24, 2.45) is 23.2 Å². The van der Waals surface area contributed by atoms with Gasteiger partial charge in [0.2, 0.25) is 5.91 Å². The van der Waals surface area contributed by atoms with Gasteiger partial charge in [-0.05, 0) is 73.1 Å². The van der Waals surface area contributed by atoms with Crippen molar-refractivity contribution in [1.82, 2.24) is 4.90 Å². The number of hydrogen-bond donors (Lipinski definition) is 1. The highest BCUT2D eigenvalue weighted by Crippen LogP contribution is 2.61. The highest BCUT2D eigenvalue weighted by molar-refractivity contribution is 7.09. The van der Waals surface area contributed by atoms with Crippen LogP contribution in [0.15, 0.2) is 17.5 Å². The molecule has 1 amide bonds. The van der Waals surface area contributed by atoms with Crippen LogP contribution in [0, 0.1) is 23.2 Å². The highest BCUT2D eigenvalue weighted by Gasteiger charge is 2.51. The van der Waals surface area contributed by atoms with Crippen molar-refractivity contribution in [2.75, 3.05) is 13.2 Å². The van der Waals surface area contributed by atoms with E-state index in [2.05, 4.69) is 11.4 Å². The molecule has 126 valence electrons. The average molecular weight is 333 g/mol. The quantitative estimate of drug-likeness (QED) is 0.863. The summed E-state index contributed by atoms with van der Waals surface area (Å²) in [6, 6.07) is 4.10. The van der Waals surface area contributed by atoms with Crippen LogP contribution in [0.2, 0.25) is 0 Å². The van der Waals surface area contributed by atoms with E-state index in [0.717, 1.165) is 17.8 Å². The van der Waals surface area contributed by atoms with E-state index in [1.165, 1.54) is 43.4 Å². The van der Waals surface area contributed by atoms with Crippen molar-refractivity contribution < 1.29 is 9.90 Å². The summed E-state index contributed by atoms with van der Waals surface area (Å²) in [5.41, 5.74) is 0.287. The van der Waals surface area contributed by atoms with Gasteiger partial charge in [-0.2, -0.15) is 0 Å². The Morgan fingerprint density at radius 3 is 2.39 bits per heavy atom. The van der Waals surface area contributed by atoms with Gasteiger partial charge in [0, 0.05) is 17.8 Å². The third kappa shape index (κ3) is 3.20. The molecule has 0 atom stereocenters. The second-order valence-electron chi connectivity index (χ2n) is 8.21. The number of carbonyl (C=O) groups excluding carboxylic acids is 1. The maximum Gasteiger partial charge on any atom is 0.223 e. The Labute approximate surface area is 142 Å². The van der Waals surface area contributed by atoms with Gasteiger partial charge >= 0.3 is 0 Å². The second-order valence-corrected chi connectivity index (χ2v) is 9.24. The predicted octanol–water partition coefficient (Wildman–Crippen LogP) is 3.68. The first-order valence-electron chi connectivity index (χ1n) is 9.07. The molecule has 5 rings (SSSR count). The molecule has 4 bridgehead atoms. The fourth-order valence-corrected chi connectivity index (χ4v) is 6.66. The highest BCUT2D eigenvalue weighted by atomic mass is 32.1. The molecule has 3 nitrogen and oxygen atoms in total. The van der Waals surface area contributed by atoms with E-state index in [9.17, 15) is 9.90 Å². The summed E-state index contributed by atoms with van der Waals surface area (Å²) in [6.07, 6.45) is 8.79. The fraction of sp³-hybridized carbons (Fsp3) is 0.737. The molecule has 0 spiro atoms. The predicted molar refractivity (Wildman–Crippen MR) is 92.0 cm³/mol. The molecule has 4 heteroatoms. The first kappa shape index (κ1) is 15.6. The average Bonchev–Trinajstić information content (AvgIpc) is 2.97. The fourth-order valence-electron chi connectivity index (χ4n) is 5.94. The lowest BCUT2D eigenvalue weighted by atomic mass is 9.49. The van der Waals surface area contributed by atoms with Gasteiger partial charge in [0.1, 0.15) is 0 Å². The smallest absolute Gasteiger partial charge is 0.223 e. The Bertz CT molecular complexity index is 518. The van der Waals surface area contributed by atoms with E-state index in [0.29, 0.717) is 19.5 Å². The van der Waals surface area contributed by atoms with Crippen molar-refractivity contribution in [3.63, 3.8) is 0 Å². The number of hydrogen-bond acceptors (Lipinski definition) is 3. The summed E-state index contributed by atoms with van der Waals surface area (Å²) in [4.78, 5) is 16.0. The summed E-state index contributed by atoms with van der Waals surface area (Å²) >= 11 is 1.69. The van der Waals surface area contributed by atoms with Crippen LogP contribution < -0.4 is 0 Å². The molecule has 0 aromatic carbocycles. The third-order valence-corrected chi connectivity index (χ3v) is 7.20. The molecule has 0 unspecified atom stereocenters. The maximum atomic E-state index is 13.0. The lowest BCUT2D eigenvalue weighted by molar-refractivity contribution is -0.140. The Morgan fingerprint density at radius 1 is 1.22 bits per heavy atom. The van der Waals surface area contributed by atoms with Crippen molar-refractivity contribution in [3.8, 4) is 0 Å². The molecule has 1 aromatic rings. The molecule has 1 aromatic heterocycles. The topological polar surface area (TPSA) is 40.5 Å². The minimum atomic E-state index is 0.0536. The van der Waals surface area contributed by atoms with Crippen LogP contribution in [-0.2, 0) is 11.3 Å². The van der Waals surface area contributed by atoms with E-state index in [4.69, 9.17) is 0 Å². The van der Waals surface area contributed by atoms with Crippen molar-refractivity contribution in [2.45, 2.75) is 51.5 Å². The van der Waals surface area contributed by atoms with Gasteiger partial charge < -0.3 is 10.0 Å². The molecule has 23 heavy (non-hydrogen) atoms. The Kier molecular flexibility index (Phi) is 4.22. The normalized spacial score (nSPS) is 34.7. The van der Waals surface area contributed by atoms with E-state index in [1.807, 2.05) is 11.0 Å². The summed E-state index contributed by atoms with van der Waals surface area (Å²) in [5, 5.41) is 11.4. The van der Waals surface area contributed by atoms with Gasteiger partial charge in [-0.1, -0.05) is 6.07 Å². The van der Waals surface area contributed by atoms with Crippen LogP contribution >= 0.6 is 11.3 Å². The molecule has 0 radical (unpaired) electrons.